The van der Waals surface area contributed by atoms with E-state index in [1.54, 1.807) is 24.3 Å². The summed E-state index contributed by atoms with van der Waals surface area (Å²) in [7, 11) is 0. The third-order valence-electron chi connectivity index (χ3n) is 4.09. The standard InChI is InChI=1S/C17H16N8/c18-16(19)8-1-3-10-12(5-8)24-14(22-10)7-15-23-11-4-2-9(17(20)21)6-13(11)25-15/h1-6,10H,7H2,(H3,18,19)(H3,20,21)(H,23,25). The van der Waals surface area contributed by atoms with Gasteiger partial charge in [-0.25, -0.2) is 9.98 Å². The van der Waals surface area contributed by atoms with Crippen LogP contribution in [0.5, 0.6) is 0 Å². The number of benzene rings is 1. The van der Waals surface area contributed by atoms with E-state index in [0.717, 1.165) is 22.6 Å². The average Bonchev–Trinajstić information content (AvgIpc) is 3.15. The molecule has 1 aromatic carbocycles. The predicted octanol–water partition coefficient (Wildman–Crippen LogP) is 1.04. The number of aromatic amines is 1. The van der Waals surface area contributed by atoms with Gasteiger partial charge in [-0.3, -0.25) is 15.8 Å². The largest absolute Gasteiger partial charge is 0.384 e. The van der Waals surface area contributed by atoms with Gasteiger partial charge in [0.2, 0.25) is 0 Å². The highest BCUT2D eigenvalue weighted by Gasteiger charge is 2.23. The maximum atomic E-state index is 7.51. The van der Waals surface area contributed by atoms with Crippen LogP contribution in [0.2, 0.25) is 0 Å². The van der Waals surface area contributed by atoms with Crippen LogP contribution in [0.15, 0.2) is 52.0 Å². The lowest BCUT2D eigenvalue weighted by Gasteiger charge is -2.09. The number of hydrogen-bond donors (Lipinski definition) is 5. The molecule has 1 atom stereocenters. The van der Waals surface area contributed by atoms with Crippen LogP contribution >= 0.6 is 0 Å². The summed E-state index contributed by atoms with van der Waals surface area (Å²) < 4.78 is 0. The molecular formula is C17H16N8. The molecule has 0 amide bonds. The molecule has 124 valence electrons. The first kappa shape index (κ1) is 15.0. The lowest BCUT2D eigenvalue weighted by Crippen LogP contribution is -2.20. The smallest absolute Gasteiger partial charge is 0.132 e. The Kier molecular flexibility index (Phi) is 3.31. The van der Waals surface area contributed by atoms with E-state index in [1.807, 2.05) is 12.1 Å². The Balaban J connectivity index is 1.59. The topological polar surface area (TPSA) is 153 Å². The summed E-state index contributed by atoms with van der Waals surface area (Å²) in [5, 5.41) is 15.0. The minimum atomic E-state index is -0.119. The number of hydrogen-bond acceptors (Lipinski definition) is 5. The van der Waals surface area contributed by atoms with Gasteiger partial charge >= 0.3 is 0 Å². The van der Waals surface area contributed by atoms with Crippen molar-refractivity contribution in [2.45, 2.75) is 12.5 Å². The molecule has 2 aliphatic rings. The quantitative estimate of drug-likeness (QED) is 0.420. The molecule has 0 spiro atoms. The Morgan fingerprint density at radius 2 is 2.04 bits per heavy atom. The van der Waals surface area contributed by atoms with Crippen LogP contribution in [-0.4, -0.2) is 39.2 Å². The van der Waals surface area contributed by atoms with Crippen LogP contribution in [0.1, 0.15) is 11.4 Å². The van der Waals surface area contributed by atoms with E-state index in [9.17, 15) is 0 Å². The zero-order valence-electron chi connectivity index (χ0n) is 13.2. The van der Waals surface area contributed by atoms with Gasteiger partial charge in [0.05, 0.1) is 23.2 Å². The third-order valence-corrected chi connectivity index (χ3v) is 4.09. The van der Waals surface area contributed by atoms with Crippen LogP contribution in [0.4, 0.5) is 0 Å². The van der Waals surface area contributed by atoms with Gasteiger partial charge in [0.1, 0.15) is 29.4 Å². The summed E-state index contributed by atoms with van der Waals surface area (Å²) >= 11 is 0. The summed E-state index contributed by atoms with van der Waals surface area (Å²) in [6.07, 6.45) is 5.95. The Bertz CT molecular complexity index is 1030. The van der Waals surface area contributed by atoms with Gasteiger partial charge in [-0.2, -0.15) is 0 Å². The maximum absolute atomic E-state index is 7.51. The molecule has 8 heteroatoms. The van der Waals surface area contributed by atoms with E-state index in [2.05, 4.69) is 20.0 Å². The molecule has 7 N–H and O–H groups in total. The van der Waals surface area contributed by atoms with Crippen LogP contribution in [0.3, 0.4) is 0 Å². The van der Waals surface area contributed by atoms with E-state index >= 15 is 0 Å². The van der Waals surface area contributed by atoms with Crippen molar-refractivity contribution in [3.8, 4) is 0 Å². The van der Waals surface area contributed by atoms with Gasteiger partial charge in [0.25, 0.3) is 0 Å². The maximum Gasteiger partial charge on any atom is 0.132 e. The number of aliphatic imine (C=N–C) groups is 2. The molecule has 0 saturated carbocycles. The fourth-order valence-electron chi connectivity index (χ4n) is 2.85. The summed E-state index contributed by atoms with van der Waals surface area (Å²) in [5.74, 6) is 1.46. The number of rotatable bonds is 4. The normalized spacial score (nSPS) is 18.6. The molecule has 2 heterocycles. The molecule has 1 aliphatic carbocycles. The number of fused-ring (bicyclic) bond motifs is 2. The zero-order chi connectivity index (χ0) is 17.6. The number of aromatic nitrogens is 2. The van der Waals surface area contributed by atoms with Crippen molar-refractivity contribution < 1.29 is 0 Å². The van der Waals surface area contributed by atoms with Crippen molar-refractivity contribution >= 4 is 34.3 Å². The van der Waals surface area contributed by atoms with Crippen molar-refractivity contribution in [2.24, 2.45) is 21.5 Å². The number of nitrogen functional groups attached to an aromatic ring is 1. The number of nitrogens with zero attached hydrogens (tertiary/aromatic N) is 3. The molecule has 0 bridgehead atoms. The second-order valence-corrected chi connectivity index (χ2v) is 5.91. The number of nitrogens with one attached hydrogen (secondary N) is 3. The third kappa shape index (κ3) is 2.74. The molecule has 0 fully saturated rings. The number of nitrogens with two attached hydrogens (primary N) is 2. The minimum Gasteiger partial charge on any atom is -0.384 e. The van der Waals surface area contributed by atoms with E-state index in [4.69, 9.17) is 22.3 Å². The molecule has 8 nitrogen and oxygen atoms in total. The second kappa shape index (κ2) is 5.52. The minimum absolute atomic E-state index is 0.0180. The van der Waals surface area contributed by atoms with E-state index in [1.165, 1.54) is 0 Å². The summed E-state index contributed by atoms with van der Waals surface area (Å²) in [5.41, 5.74) is 14.8. The Labute approximate surface area is 143 Å². The van der Waals surface area contributed by atoms with Crippen LogP contribution < -0.4 is 11.5 Å². The van der Waals surface area contributed by atoms with Crippen LogP contribution in [0, 0.1) is 10.8 Å². The monoisotopic (exact) mass is 332 g/mol. The van der Waals surface area contributed by atoms with Gasteiger partial charge < -0.3 is 16.5 Å². The van der Waals surface area contributed by atoms with Gasteiger partial charge in [0, 0.05) is 11.1 Å². The fourth-order valence-corrected chi connectivity index (χ4v) is 2.85. The molecular weight excluding hydrogens is 316 g/mol. The van der Waals surface area contributed by atoms with Crippen LogP contribution in [-0.2, 0) is 6.42 Å². The summed E-state index contributed by atoms with van der Waals surface area (Å²) in [6.45, 7) is 0. The highest BCUT2D eigenvalue weighted by atomic mass is 15.0. The Morgan fingerprint density at radius 1 is 1.20 bits per heavy atom. The molecule has 4 rings (SSSR count). The molecule has 1 unspecified atom stereocenters. The summed E-state index contributed by atoms with van der Waals surface area (Å²) in [4.78, 5) is 16.9. The molecule has 1 aliphatic heterocycles. The lowest BCUT2D eigenvalue weighted by atomic mass is 10.0. The van der Waals surface area contributed by atoms with Crippen molar-refractivity contribution in [1.29, 1.82) is 10.8 Å². The number of amidine groups is 3. The number of imidazole rings is 1. The average molecular weight is 332 g/mol. The summed E-state index contributed by atoms with van der Waals surface area (Å²) in [6, 6.07) is 5.29. The Morgan fingerprint density at radius 3 is 2.80 bits per heavy atom. The van der Waals surface area contributed by atoms with Crippen LogP contribution in [0.25, 0.3) is 11.0 Å². The van der Waals surface area contributed by atoms with Crippen molar-refractivity contribution in [2.75, 3.05) is 0 Å². The van der Waals surface area contributed by atoms with Crippen molar-refractivity contribution in [3.05, 3.63) is 53.4 Å². The molecule has 0 saturated heterocycles. The molecule has 0 radical (unpaired) electrons. The SMILES string of the molecule is N=C(N)C1=CC2=NC(Cc3nc4ccc(C(=N)N)cc4[nH]3)=NC2C=C1. The first-order chi connectivity index (χ1) is 12.0. The fraction of sp³-hybridized carbons (Fsp3) is 0.118. The van der Waals surface area contributed by atoms with Gasteiger partial charge in [-0.05, 0) is 24.3 Å². The first-order valence-corrected chi connectivity index (χ1v) is 7.72. The second-order valence-electron chi connectivity index (χ2n) is 5.91. The molecule has 1 aromatic heterocycles. The van der Waals surface area contributed by atoms with Gasteiger partial charge in [-0.1, -0.05) is 12.2 Å². The van der Waals surface area contributed by atoms with E-state index in [0.29, 0.717) is 23.4 Å². The number of H-pyrrole nitrogens is 1. The van der Waals surface area contributed by atoms with Crippen molar-refractivity contribution in [1.82, 2.24) is 9.97 Å². The predicted molar refractivity (Wildman–Crippen MR) is 98.6 cm³/mol. The van der Waals surface area contributed by atoms with Crippen molar-refractivity contribution in [3.63, 3.8) is 0 Å². The molecule has 2 aromatic rings. The highest BCUT2D eigenvalue weighted by Crippen LogP contribution is 2.19. The van der Waals surface area contributed by atoms with E-state index in [-0.39, 0.29) is 17.7 Å². The lowest BCUT2D eigenvalue weighted by molar-refractivity contribution is 1.06. The van der Waals surface area contributed by atoms with Gasteiger partial charge in [-0.15, -0.1) is 0 Å². The molecule has 25 heavy (non-hydrogen) atoms. The highest BCUT2D eigenvalue weighted by molar-refractivity contribution is 6.17. The van der Waals surface area contributed by atoms with E-state index < -0.39 is 0 Å². The first-order valence-electron chi connectivity index (χ1n) is 7.72. The zero-order valence-corrected chi connectivity index (χ0v) is 13.2. The Hall–Kier alpha value is -3.55. The van der Waals surface area contributed by atoms with Gasteiger partial charge in [0.15, 0.2) is 0 Å².